The normalized spacial score (nSPS) is 16.2. The van der Waals surface area contributed by atoms with Gasteiger partial charge in [-0.1, -0.05) is 24.6 Å². The van der Waals surface area contributed by atoms with E-state index in [-0.39, 0.29) is 5.91 Å². The van der Waals surface area contributed by atoms with Gasteiger partial charge in [-0.3, -0.25) is 4.79 Å². The summed E-state index contributed by atoms with van der Waals surface area (Å²) >= 11 is 0. The Labute approximate surface area is 125 Å². The van der Waals surface area contributed by atoms with Crippen molar-refractivity contribution >= 4 is 16.8 Å². The number of carbonyl (C=O) groups is 1. The Kier molecular flexibility index (Phi) is 4.55. The zero-order valence-corrected chi connectivity index (χ0v) is 12.4. The second kappa shape index (κ2) is 6.76. The van der Waals surface area contributed by atoms with Gasteiger partial charge in [0.05, 0.1) is 5.56 Å². The van der Waals surface area contributed by atoms with E-state index in [2.05, 4.69) is 15.2 Å². The van der Waals surface area contributed by atoms with Gasteiger partial charge in [0.25, 0.3) is 5.91 Å². The van der Waals surface area contributed by atoms with Crippen molar-refractivity contribution in [3.8, 4) is 0 Å². The molecule has 0 bridgehead atoms. The van der Waals surface area contributed by atoms with Gasteiger partial charge in [0.1, 0.15) is 0 Å². The molecule has 1 aliphatic heterocycles. The third-order valence-electron chi connectivity index (χ3n) is 4.22. The first-order valence-electron chi connectivity index (χ1n) is 7.91. The molecule has 21 heavy (non-hydrogen) atoms. The summed E-state index contributed by atoms with van der Waals surface area (Å²) in [6.45, 7) is 4.27. The van der Waals surface area contributed by atoms with Gasteiger partial charge in [-0.2, -0.15) is 0 Å². The molecule has 112 valence electrons. The number of nitrogens with zero attached hydrogens (tertiary/aromatic N) is 1. The molecule has 1 aliphatic rings. The van der Waals surface area contributed by atoms with E-state index in [1.807, 2.05) is 24.3 Å². The lowest BCUT2D eigenvalue weighted by Gasteiger charge is -2.26. The SMILES string of the molecule is O=C(NCCCN1CCCCC1)c1c[nH]c2ccccc12. The highest BCUT2D eigenvalue weighted by Crippen LogP contribution is 2.17. The molecule has 1 aromatic carbocycles. The van der Waals surface area contributed by atoms with Gasteiger partial charge in [-0.25, -0.2) is 0 Å². The van der Waals surface area contributed by atoms with Crippen molar-refractivity contribution in [3.05, 3.63) is 36.0 Å². The number of nitrogens with one attached hydrogen (secondary N) is 2. The summed E-state index contributed by atoms with van der Waals surface area (Å²) < 4.78 is 0. The minimum absolute atomic E-state index is 0.0195. The molecule has 2 aromatic rings. The lowest BCUT2D eigenvalue weighted by molar-refractivity contribution is 0.0953. The van der Waals surface area contributed by atoms with Crippen LogP contribution in [0, 0.1) is 0 Å². The van der Waals surface area contributed by atoms with Crippen molar-refractivity contribution in [2.75, 3.05) is 26.2 Å². The Morgan fingerprint density at radius 2 is 2.00 bits per heavy atom. The lowest BCUT2D eigenvalue weighted by atomic mass is 10.1. The van der Waals surface area contributed by atoms with Crippen LogP contribution in [0.15, 0.2) is 30.5 Å². The fourth-order valence-electron chi connectivity index (χ4n) is 3.04. The van der Waals surface area contributed by atoms with Crippen LogP contribution in [-0.2, 0) is 0 Å². The number of piperidine rings is 1. The average molecular weight is 285 g/mol. The Balaban J connectivity index is 1.48. The van der Waals surface area contributed by atoms with Gasteiger partial charge in [-0.15, -0.1) is 0 Å². The number of likely N-dealkylation sites (tertiary alicyclic amines) is 1. The molecule has 1 aromatic heterocycles. The molecule has 1 amide bonds. The number of hydrogen-bond acceptors (Lipinski definition) is 2. The van der Waals surface area contributed by atoms with Gasteiger partial charge in [0.2, 0.25) is 0 Å². The Morgan fingerprint density at radius 1 is 1.19 bits per heavy atom. The van der Waals surface area contributed by atoms with Crippen LogP contribution in [0.3, 0.4) is 0 Å². The second-order valence-corrected chi connectivity index (χ2v) is 5.76. The van der Waals surface area contributed by atoms with Gasteiger partial charge in [0.15, 0.2) is 0 Å². The standard InChI is InChI=1S/C17H23N3O/c21-17(15-13-19-16-8-3-2-7-14(15)16)18-9-6-12-20-10-4-1-5-11-20/h2-3,7-8,13,19H,1,4-6,9-12H2,(H,18,21). The van der Waals surface area contributed by atoms with Gasteiger partial charge < -0.3 is 15.2 Å². The van der Waals surface area contributed by atoms with Crippen molar-refractivity contribution in [2.45, 2.75) is 25.7 Å². The summed E-state index contributed by atoms with van der Waals surface area (Å²) in [5.41, 5.74) is 1.75. The minimum Gasteiger partial charge on any atom is -0.360 e. The maximum atomic E-state index is 12.2. The molecule has 0 unspecified atom stereocenters. The number of aromatic amines is 1. The molecule has 0 atom stereocenters. The third-order valence-corrected chi connectivity index (χ3v) is 4.22. The van der Waals surface area contributed by atoms with Crippen LogP contribution in [0.2, 0.25) is 0 Å². The van der Waals surface area contributed by atoms with E-state index in [0.29, 0.717) is 0 Å². The molecule has 1 fully saturated rings. The van der Waals surface area contributed by atoms with E-state index < -0.39 is 0 Å². The second-order valence-electron chi connectivity index (χ2n) is 5.76. The lowest BCUT2D eigenvalue weighted by Crippen LogP contribution is -2.33. The summed E-state index contributed by atoms with van der Waals surface area (Å²) in [6.07, 6.45) is 6.83. The summed E-state index contributed by atoms with van der Waals surface area (Å²) in [6, 6.07) is 7.90. The Hall–Kier alpha value is -1.81. The van der Waals surface area contributed by atoms with E-state index in [0.717, 1.165) is 36.0 Å². The van der Waals surface area contributed by atoms with Crippen LogP contribution in [0.1, 0.15) is 36.0 Å². The smallest absolute Gasteiger partial charge is 0.253 e. The minimum atomic E-state index is 0.0195. The molecular formula is C17H23N3O. The summed E-state index contributed by atoms with van der Waals surface area (Å²) in [7, 11) is 0. The van der Waals surface area contributed by atoms with E-state index in [1.54, 1.807) is 6.20 Å². The van der Waals surface area contributed by atoms with E-state index in [4.69, 9.17) is 0 Å². The molecule has 2 heterocycles. The molecule has 4 heteroatoms. The van der Waals surface area contributed by atoms with Crippen LogP contribution < -0.4 is 5.32 Å². The highest BCUT2D eigenvalue weighted by atomic mass is 16.1. The van der Waals surface area contributed by atoms with Crippen LogP contribution in [-0.4, -0.2) is 42.0 Å². The molecule has 2 N–H and O–H groups in total. The number of fused-ring (bicyclic) bond motifs is 1. The Bertz CT molecular complexity index is 599. The fourth-order valence-corrected chi connectivity index (χ4v) is 3.04. The highest BCUT2D eigenvalue weighted by molar-refractivity contribution is 6.06. The number of rotatable bonds is 5. The largest absolute Gasteiger partial charge is 0.360 e. The molecule has 1 saturated heterocycles. The quantitative estimate of drug-likeness (QED) is 0.830. The number of aromatic nitrogens is 1. The predicted molar refractivity (Wildman–Crippen MR) is 85.5 cm³/mol. The van der Waals surface area contributed by atoms with Crippen LogP contribution >= 0.6 is 0 Å². The van der Waals surface area contributed by atoms with E-state index in [9.17, 15) is 4.79 Å². The van der Waals surface area contributed by atoms with Crippen molar-refractivity contribution in [2.24, 2.45) is 0 Å². The maximum absolute atomic E-state index is 12.2. The first-order chi connectivity index (χ1) is 10.3. The van der Waals surface area contributed by atoms with Gasteiger partial charge in [0, 0.05) is 23.6 Å². The van der Waals surface area contributed by atoms with Crippen molar-refractivity contribution in [1.29, 1.82) is 0 Å². The first-order valence-corrected chi connectivity index (χ1v) is 7.91. The summed E-state index contributed by atoms with van der Waals surface area (Å²) in [4.78, 5) is 17.9. The molecule has 0 radical (unpaired) electrons. The number of H-pyrrole nitrogens is 1. The maximum Gasteiger partial charge on any atom is 0.253 e. The van der Waals surface area contributed by atoms with Crippen molar-refractivity contribution in [3.63, 3.8) is 0 Å². The predicted octanol–water partition coefficient (Wildman–Crippen LogP) is 2.77. The molecule has 0 aliphatic carbocycles. The van der Waals surface area contributed by atoms with E-state index >= 15 is 0 Å². The number of amides is 1. The van der Waals surface area contributed by atoms with Gasteiger partial charge in [-0.05, 0) is 45.0 Å². The Morgan fingerprint density at radius 3 is 2.86 bits per heavy atom. The molecule has 4 nitrogen and oxygen atoms in total. The van der Waals surface area contributed by atoms with Gasteiger partial charge >= 0.3 is 0 Å². The summed E-state index contributed by atoms with van der Waals surface area (Å²) in [5.74, 6) is 0.0195. The molecule has 3 rings (SSSR count). The van der Waals surface area contributed by atoms with Crippen LogP contribution in [0.5, 0.6) is 0 Å². The third kappa shape index (κ3) is 3.45. The highest BCUT2D eigenvalue weighted by Gasteiger charge is 2.12. The van der Waals surface area contributed by atoms with E-state index in [1.165, 1.54) is 32.4 Å². The number of para-hydroxylation sites is 1. The monoisotopic (exact) mass is 285 g/mol. The fraction of sp³-hybridized carbons (Fsp3) is 0.471. The molecule has 0 saturated carbocycles. The molecule has 0 spiro atoms. The zero-order valence-electron chi connectivity index (χ0n) is 12.4. The number of carbonyl (C=O) groups excluding carboxylic acids is 1. The zero-order chi connectivity index (χ0) is 14.5. The number of hydrogen-bond donors (Lipinski definition) is 2. The first kappa shape index (κ1) is 14.1. The number of benzene rings is 1. The molecular weight excluding hydrogens is 262 g/mol. The summed E-state index contributed by atoms with van der Waals surface area (Å²) in [5, 5.41) is 4.02. The van der Waals surface area contributed by atoms with Crippen molar-refractivity contribution < 1.29 is 4.79 Å². The van der Waals surface area contributed by atoms with Crippen LogP contribution in [0.4, 0.5) is 0 Å². The van der Waals surface area contributed by atoms with Crippen molar-refractivity contribution in [1.82, 2.24) is 15.2 Å². The van der Waals surface area contributed by atoms with Crippen LogP contribution in [0.25, 0.3) is 10.9 Å². The topological polar surface area (TPSA) is 48.1 Å². The average Bonchev–Trinajstić information content (AvgIpc) is 2.96.